The molecule has 1 aromatic carbocycles. The molecule has 0 saturated carbocycles. The Morgan fingerprint density at radius 3 is 2.91 bits per heavy atom. The van der Waals surface area contributed by atoms with Crippen LogP contribution in [0.3, 0.4) is 0 Å². The number of amides is 2. The van der Waals surface area contributed by atoms with Gasteiger partial charge in [0.15, 0.2) is 0 Å². The van der Waals surface area contributed by atoms with Gasteiger partial charge >= 0.3 is 6.03 Å². The maximum absolute atomic E-state index is 11.9. The number of nitrogens with one attached hydrogen (secondary N) is 2. The van der Waals surface area contributed by atoms with Gasteiger partial charge in [0.1, 0.15) is 5.82 Å². The highest BCUT2D eigenvalue weighted by Crippen LogP contribution is 2.24. The summed E-state index contributed by atoms with van der Waals surface area (Å²) in [6.07, 6.45) is 1.94. The van der Waals surface area contributed by atoms with E-state index in [1.54, 1.807) is 22.9 Å². The van der Waals surface area contributed by atoms with Gasteiger partial charge in [-0.3, -0.25) is 5.32 Å². The van der Waals surface area contributed by atoms with Crippen LogP contribution in [-0.2, 0) is 6.54 Å². The number of anilines is 1. The minimum Gasteiger partial charge on any atom is -0.394 e. The fourth-order valence-electron chi connectivity index (χ4n) is 2.11. The fraction of sp³-hybridized carbons (Fsp3) is 0.375. The van der Waals surface area contributed by atoms with E-state index in [0.717, 1.165) is 18.4 Å². The number of hydrogen-bond acceptors (Lipinski definition) is 3. The smallest absolute Gasteiger partial charge is 0.320 e. The number of carbonyl (C=O) groups is 1. The van der Waals surface area contributed by atoms with E-state index in [-0.39, 0.29) is 12.6 Å². The summed E-state index contributed by atoms with van der Waals surface area (Å²) in [6, 6.07) is 8.81. The van der Waals surface area contributed by atoms with Crippen LogP contribution in [0.25, 0.3) is 11.3 Å². The van der Waals surface area contributed by atoms with Crippen molar-refractivity contribution in [3.8, 4) is 11.3 Å². The van der Waals surface area contributed by atoms with Crippen molar-refractivity contribution in [3.63, 3.8) is 0 Å². The van der Waals surface area contributed by atoms with Crippen molar-refractivity contribution in [2.75, 3.05) is 18.5 Å². The van der Waals surface area contributed by atoms with E-state index in [2.05, 4.69) is 22.7 Å². The molecule has 0 atom stereocenters. The van der Waals surface area contributed by atoms with Crippen molar-refractivity contribution in [2.45, 2.75) is 26.3 Å². The van der Waals surface area contributed by atoms with Crippen molar-refractivity contribution in [1.29, 1.82) is 0 Å². The standard InChI is InChI=1S/C16H21ClN4O2/c1-2-3-7-18-16(23)19-15-11-14(20-21(15)8-9-22)12-5-4-6-13(17)10-12/h4-6,10-11,22H,2-3,7-9H2,1H3,(H2,18,19,23). The first kappa shape index (κ1) is 17.3. The zero-order valence-electron chi connectivity index (χ0n) is 13.1. The Balaban J connectivity index is 2.16. The number of carbonyl (C=O) groups excluding carboxylic acids is 1. The van der Waals surface area contributed by atoms with Gasteiger partial charge in [-0.2, -0.15) is 5.10 Å². The van der Waals surface area contributed by atoms with Gasteiger partial charge < -0.3 is 10.4 Å². The van der Waals surface area contributed by atoms with Crippen molar-refractivity contribution in [3.05, 3.63) is 35.4 Å². The van der Waals surface area contributed by atoms with Crippen molar-refractivity contribution in [1.82, 2.24) is 15.1 Å². The highest BCUT2D eigenvalue weighted by atomic mass is 35.5. The second-order valence-corrected chi connectivity index (χ2v) is 5.54. The van der Waals surface area contributed by atoms with E-state index in [1.165, 1.54) is 0 Å². The molecule has 0 aliphatic heterocycles. The molecule has 0 spiro atoms. The molecule has 124 valence electrons. The van der Waals surface area contributed by atoms with Gasteiger partial charge in [-0.05, 0) is 18.6 Å². The molecule has 0 saturated heterocycles. The first-order chi connectivity index (χ1) is 11.1. The lowest BCUT2D eigenvalue weighted by Crippen LogP contribution is -2.30. The van der Waals surface area contributed by atoms with E-state index in [0.29, 0.717) is 29.6 Å². The third-order valence-electron chi connectivity index (χ3n) is 3.27. The van der Waals surface area contributed by atoms with Gasteiger partial charge in [0.05, 0.1) is 18.8 Å². The molecule has 2 aromatic rings. The summed E-state index contributed by atoms with van der Waals surface area (Å²) >= 11 is 6.00. The van der Waals surface area contributed by atoms with Gasteiger partial charge in [-0.25, -0.2) is 9.48 Å². The molecule has 0 aliphatic carbocycles. The molecular formula is C16H21ClN4O2. The molecule has 6 nitrogen and oxygen atoms in total. The number of rotatable bonds is 7. The average molecular weight is 337 g/mol. The predicted octanol–water partition coefficient (Wildman–Crippen LogP) is 3.12. The zero-order chi connectivity index (χ0) is 16.7. The lowest BCUT2D eigenvalue weighted by molar-refractivity contribution is 0.251. The Labute approximate surface area is 140 Å². The Morgan fingerprint density at radius 2 is 2.22 bits per heavy atom. The Hall–Kier alpha value is -2.05. The SMILES string of the molecule is CCCCNC(=O)Nc1cc(-c2cccc(Cl)c2)nn1CCO. The molecule has 1 heterocycles. The van der Waals surface area contributed by atoms with E-state index in [1.807, 2.05) is 12.1 Å². The molecule has 0 unspecified atom stereocenters. The molecule has 0 aliphatic rings. The predicted molar refractivity (Wildman–Crippen MR) is 91.7 cm³/mol. The maximum atomic E-state index is 11.9. The lowest BCUT2D eigenvalue weighted by atomic mass is 10.1. The number of aliphatic hydroxyl groups excluding tert-OH is 1. The zero-order valence-corrected chi connectivity index (χ0v) is 13.8. The van der Waals surface area contributed by atoms with Gasteiger partial charge in [-0.1, -0.05) is 37.1 Å². The Kier molecular flexibility index (Phi) is 6.43. The van der Waals surface area contributed by atoms with Crippen molar-refractivity contribution in [2.24, 2.45) is 0 Å². The van der Waals surface area contributed by atoms with Gasteiger partial charge in [0.25, 0.3) is 0 Å². The highest BCUT2D eigenvalue weighted by Gasteiger charge is 2.12. The third-order valence-corrected chi connectivity index (χ3v) is 3.50. The largest absolute Gasteiger partial charge is 0.394 e. The summed E-state index contributed by atoms with van der Waals surface area (Å²) < 4.78 is 1.57. The topological polar surface area (TPSA) is 79.2 Å². The van der Waals surface area contributed by atoms with Crippen LogP contribution in [0, 0.1) is 0 Å². The van der Waals surface area contributed by atoms with Crippen LogP contribution >= 0.6 is 11.6 Å². The van der Waals surface area contributed by atoms with Crippen LogP contribution in [0.5, 0.6) is 0 Å². The summed E-state index contributed by atoms with van der Waals surface area (Å²) in [5.74, 6) is 0.531. The Morgan fingerprint density at radius 1 is 1.39 bits per heavy atom. The summed E-state index contributed by atoms with van der Waals surface area (Å²) in [4.78, 5) is 11.9. The monoisotopic (exact) mass is 336 g/mol. The number of nitrogens with zero attached hydrogens (tertiary/aromatic N) is 2. The van der Waals surface area contributed by atoms with Gasteiger partial charge in [-0.15, -0.1) is 0 Å². The molecule has 23 heavy (non-hydrogen) atoms. The van der Waals surface area contributed by atoms with E-state index >= 15 is 0 Å². The molecule has 0 bridgehead atoms. The highest BCUT2D eigenvalue weighted by molar-refractivity contribution is 6.30. The maximum Gasteiger partial charge on any atom is 0.320 e. The second-order valence-electron chi connectivity index (χ2n) is 5.11. The summed E-state index contributed by atoms with van der Waals surface area (Å²) in [5.41, 5.74) is 1.54. The van der Waals surface area contributed by atoms with Crippen LogP contribution in [0.1, 0.15) is 19.8 Å². The van der Waals surface area contributed by atoms with E-state index < -0.39 is 0 Å². The van der Waals surface area contributed by atoms with E-state index in [4.69, 9.17) is 16.7 Å². The number of halogens is 1. The number of aliphatic hydroxyl groups is 1. The summed E-state index contributed by atoms with van der Waals surface area (Å²) in [7, 11) is 0. The van der Waals surface area contributed by atoms with Crippen molar-refractivity contribution < 1.29 is 9.90 Å². The minimum absolute atomic E-state index is 0.0667. The van der Waals surface area contributed by atoms with Crippen LogP contribution in [-0.4, -0.2) is 34.1 Å². The first-order valence-corrected chi connectivity index (χ1v) is 8.01. The average Bonchev–Trinajstić information content (AvgIpc) is 2.91. The Bertz CT molecular complexity index is 657. The van der Waals surface area contributed by atoms with Gasteiger partial charge in [0.2, 0.25) is 0 Å². The second kappa shape index (κ2) is 8.55. The quantitative estimate of drug-likeness (QED) is 0.680. The fourth-order valence-corrected chi connectivity index (χ4v) is 2.30. The van der Waals surface area contributed by atoms with E-state index in [9.17, 15) is 4.79 Å². The summed E-state index contributed by atoms with van der Waals surface area (Å²) in [5, 5.41) is 19.7. The molecule has 0 radical (unpaired) electrons. The minimum atomic E-state index is -0.282. The summed E-state index contributed by atoms with van der Waals surface area (Å²) in [6.45, 7) is 2.92. The number of aromatic nitrogens is 2. The number of hydrogen-bond donors (Lipinski definition) is 3. The van der Waals surface area contributed by atoms with Crippen LogP contribution in [0.15, 0.2) is 30.3 Å². The first-order valence-electron chi connectivity index (χ1n) is 7.63. The normalized spacial score (nSPS) is 10.6. The number of urea groups is 1. The lowest BCUT2D eigenvalue weighted by Gasteiger charge is -2.08. The molecular weight excluding hydrogens is 316 g/mol. The van der Waals surface area contributed by atoms with Crippen molar-refractivity contribution >= 4 is 23.4 Å². The van der Waals surface area contributed by atoms with Crippen LogP contribution in [0.4, 0.5) is 10.6 Å². The van der Waals surface area contributed by atoms with Gasteiger partial charge in [0, 0.05) is 23.2 Å². The molecule has 2 rings (SSSR count). The molecule has 3 N–H and O–H groups in total. The third kappa shape index (κ3) is 4.97. The molecule has 7 heteroatoms. The van der Waals surface area contributed by atoms with Crippen LogP contribution in [0.2, 0.25) is 5.02 Å². The number of benzene rings is 1. The molecule has 2 amide bonds. The van der Waals surface area contributed by atoms with Crippen LogP contribution < -0.4 is 10.6 Å². The molecule has 0 fully saturated rings. The number of unbranched alkanes of at least 4 members (excludes halogenated alkanes) is 1. The molecule has 1 aromatic heterocycles.